The molecule has 0 bridgehead atoms. The zero-order chi connectivity index (χ0) is 11.2. The van der Waals surface area contributed by atoms with Gasteiger partial charge in [-0.25, -0.2) is 0 Å². The molecular weight excluding hydrogens is 206 g/mol. The lowest BCUT2D eigenvalue weighted by Gasteiger charge is -2.29. The molecule has 4 heteroatoms. The summed E-state index contributed by atoms with van der Waals surface area (Å²) in [6.45, 7) is 5.62. The first-order valence-electron chi connectivity index (χ1n) is 6.44. The van der Waals surface area contributed by atoms with E-state index in [2.05, 4.69) is 4.90 Å². The number of nitrogens with zero attached hydrogens (tertiary/aromatic N) is 1. The molecule has 0 amide bonds. The average Bonchev–Trinajstić information content (AvgIpc) is 2.33. The fraction of sp³-hybridized carbons (Fsp3) is 1.00. The molecule has 1 heterocycles. The van der Waals surface area contributed by atoms with Crippen LogP contribution in [0.1, 0.15) is 25.7 Å². The minimum absolute atomic E-state index is 0.0842. The van der Waals surface area contributed by atoms with Crippen molar-refractivity contribution < 1.29 is 14.6 Å². The monoisotopic (exact) mass is 229 g/mol. The number of ether oxygens (including phenoxy) is 2. The topological polar surface area (TPSA) is 41.9 Å². The van der Waals surface area contributed by atoms with E-state index in [4.69, 9.17) is 9.47 Å². The molecule has 0 aromatic rings. The molecule has 2 rings (SSSR count). The summed E-state index contributed by atoms with van der Waals surface area (Å²) in [5.41, 5.74) is 0. The second-order valence-corrected chi connectivity index (χ2v) is 4.76. The van der Waals surface area contributed by atoms with E-state index in [1.54, 1.807) is 0 Å². The van der Waals surface area contributed by atoms with Crippen LogP contribution in [0.15, 0.2) is 0 Å². The number of aliphatic hydroxyl groups excluding tert-OH is 1. The fourth-order valence-corrected chi connectivity index (χ4v) is 2.39. The fourth-order valence-electron chi connectivity index (χ4n) is 2.39. The van der Waals surface area contributed by atoms with Gasteiger partial charge in [0.25, 0.3) is 0 Å². The molecule has 0 radical (unpaired) electrons. The van der Waals surface area contributed by atoms with Gasteiger partial charge >= 0.3 is 0 Å². The summed E-state index contributed by atoms with van der Waals surface area (Å²) in [7, 11) is 0. The third-order valence-corrected chi connectivity index (χ3v) is 3.51. The molecule has 2 fully saturated rings. The van der Waals surface area contributed by atoms with Gasteiger partial charge in [-0.2, -0.15) is 0 Å². The minimum atomic E-state index is -0.0842. The predicted octanol–water partition coefficient (Wildman–Crippen LogP) is 0.639. The second kappa shape index (κ2) is 6.55. The zero-order valence-electron chi connectivity index (χ0n) is 9.94. The lowest BCUT2D eigenvalue weighted by Crippen LogP contribution is -2.39. The Balaban J connectivity index is 1.53. The SMILES string of the molecule is OC1CCC(OCCN2CCOCC2)CC1. The molecule has 4 nitrogen and oxygen atoms in total. The van der Waals surface area contributed by atoms with Crippen molar-refractivity contribution in [3.05, 3.63) is 0 Å². The summed E-state index contributed by atoms with van der Waals surface area (Å²) in [5.74, 6) is 0. The van der Waals surface area contributed by atoms with Gasteiger partial charge in [-0.1, -0.05) is 0 Å². The van der Waals surface area contributed by atoms with Gasteiger partial charge in [-0.05, 0) is 25.7 Å². The lowest BCUT2D eigenvalue weighted by atomic mass is 9.95. The van der Waals surface area contributed by atoms with Gasteiger partial charge in [0.15, 0.2) is 0 Å². The van der Waals surface area contributed by atoms with Crippen LogP contribution in [0.25, 0.3) is 0 Å². The van der Waals surface area contributed by atoms with Gasteiger partial charge in [-0.3, -0.25) is 4.90 Å². The van der Waals surface area contributed by atoms with Crippen LogP contribution in [0, 0.1) is 0 Å². The largest absolute Gasteiger partial charge is 0.393 e. The Bertz CT molecular complexity index is 187. The van der Waals surface area contributed by atoms with Gasteiger partial charge in [0.1, 0.15) is 0 Å². The Kier molecular flexibility index (Phi) is 5.03. The van der Waals surface area contributed by atoms with Gasteiger partial charge in [0.2, 0.25) is 0 Å². The molecule has 0 aromatic carbocycles. The summed E-state index contributed by atoms with van der Waals surface area (Å²) in [6, 6.07) is 0. The molecule has 0 atom stereocenters. The van der Waals surface area contributed by atoms with E-state index in [9.17, 15) is 5.11 Å². The van der Waals surface area contributed by atoms with Crippen molar-refractivity contribution in [1.29, 1.82) is 0 Å². The average molecular weight is 229 g/mol. The van der Waals surface area contributed by atoms with Crippen LogP contribution >= 0.6 is 0 Å². The Morgan fingerprint density at radius 1 is 1.12 bits per heavy atom. The van der Waals surface area contributed by atoms with E-state index in [-0.39, 0.29) is 6.10 Å². The molecule has 1 aliphatic carbocycles. The molecule has 16 heavy (non-hydrogen) atoms. The Hall–Kier alpha value is -0.160. The number of morpholine rings is 1. The number of rotatable bonds is 4. The summed E-state index contributed by atoms with van der Waals surface area (Å²) in [4.78, 5) is 2.39. The number of aliphatic hydroxyl groups is 1. The van der Waals surface area contributed by atoms with Crippen molar-refractivity contribution in [1.82, 2.24) is 4.90 Å². The summed E-state index contributed by atoms with van der Waals surface area (Å²) < 4.78 is 11.1. The lowest BCUT2D eigenvalue weighted by molar-refractivity contribution is -0.0237. The highest BCUT2D eigenvalue weighted by molar-refractivity contribution is 4.72. The quantitative estimate of drug-likeness (QED) is 0.768. The first kappa shape index (κ1) is 12.3. The summed E-state index contributed by atoms with van der Waals surface area (Å²) >= 11 is 0. The van der Waals surface area contributed by atoms with Gasteiger partial charge in [-0.15, -0.1) is 0 Å². The molecule has 94 valence electrons. The van der Waals surface area contributed by atoms with Crippen LogP contribution in [0.4, 0.5) is 0 Å². The van der Waals surface area contributed by atoms with E-state index in [0.29, 0.717) is 6.10 Å². The maximum atomic E-state index is 9.38. The summed E-state index contributed by atoms with van der Waals surface area (Å²) in [6.07, 6.45) is 4.14. The molecule has 1 N–H and O–H groups in total. The van der Waals surface area contributed by atoms with Crippen molar-refractivity contribution in [2.75, 3.05) is 39.5 Å². The van der Waals surface area contributed by atoms with Crippen molar-refractivity contribution in [3.63, 3.8) is 0 Å². The molecule has 2 aliphatic rings. The minimum Gasteiger partial charge on any atom is -0.393 e. The smallest absolute Gasteiger partial charge is 0.0597 e. The van der Waals surface area contributed by atoms with Crippen molar-refractivity contribution >= 4 is 0 Å². The molecule has 1 aliphatic heterocycles. The predicted molar refractivity (Wildman–Crippen MR) is 61.5 cm³/mol. The highest BCUT2D eigenvalue weighted by atomic mass is 16.5. The van der Waals surface area contributed by atoms with Crippen LogP contribution in [-0.2, 0) is 9.47 Å². The van der Waals surface area contributed by atoms with E-state index < -0.39 is 0 Å². The van der Waals surface area contributed by atoms with Crippen LogP contribution in [0.3, 0.4) is 0 Å². The maximum Gasteiger partial charge on any atom is 0.0597 e. The van der Waals surface area contributed by atoms with Gasteiger partial charge in [0.05, 0.1) is 32.0 Å². The Morgan fingerprint density at radius 3 is 2.50 bits per heavy atom. The molecule has 0 unspecified atom stereocenters. The first-order chi connectivity index (χ1) is 7.84. The van der Waals surface area contributed by atoms with Crippen LogP contribution < -0.4 is 0 Å². The van der Waals surface area contributed by atoms with E-state index in [1.807, 2.05) is 0 Å². The van der Waals surface area contributed by atoms with Crippen LogP contribution in [0.5, 0.6) is 0 Å². The Morgan fingerprint density at radius 2 is 1.81 bits per heavy atom. The third-order valence-electron chi connectivity index (χ3n) is 3.51. The molecular formula is C12H23NO3. The van der Waals surface area contributed by atoms with Gasteiger partial charge < -0.3 is 14.6 Å². The van der Waals surface area contributed by atoms with Crippen LogP contribution in [-0.4, -0.2) is 61.7 Å². The van der Waals surface area contributed by atoms with Crippen LogP contribution in [0.2, 0.25) is 0 Å². The highest BCUT2D eigenvalue weighted by Gasteiger charge is 2.20. The standard InChI is InChI=1S/C12H23NO3/c14-11-1-3-12(4-2-11)16-10-7-13-5-8-15-9-6-13/h11-12,14H,1-10H2. The second-order valence-electron chi connectivity index (χ2n) is 4.76. The zero-order valence-corrected chi connectivity index (χ0v) is 9.94. The van der Waals surface area contributed by atoms with Gasteiger partial charge in [0, 0.05) is 19.6 Å². The van der Waals surface area contributed by atoms with Crippen molar-refractivity contribution in [2.24, 2.45) is 0 Å². The maximum absolute atomic E-state index is 9.38. The molecule has 1 saturated carbocycles. The normalized spacial score (nSPS) is 32.8. The Labute approximate surface area is 97.5 Å². The third kappa shape index (κ3) is 4.01. The van der Waals surface area contributed by atoms with E-state index in [1.165, 1.54) is 0 Å². The van der Waals surface area contributed by atoms with Crippen molar-refractivity contribution in [2.45, 2.75) is 37.9 Å². The molecule has 0 aromatic heterocycles. The summed E-state index contributed by atoms with van der Waals surface area (Å²) in [5, 5.41) is 9.38. The number of hydrogen-bond acceptors (Lipinski definition) is 4. The molecule has 1 saturated heterocycles. The highest BCUT2D eigenvalue weighted by Crippen LogP contribution is 2.20. The number of hydrogen-bond donors (Lipinski definition) is 1. The first-order valence-corrected chi connectivity index (χ1v) is 6.44. The molecule has 0 spiro atoms. The van der Waals surface area contributed by atoms with E-state index in [0.717, 1.165) is 65.1 Å². The van der Waals surface area contributed by atoms with E-state index >= 15 is 0 Å². The van der Waals surface area contributed by atoms with Crippen molar-refractivity contribution in [3.8, 4) is 0 Å².